The molecular formula is C34H31ClF3N6OPS. The minimum atomic E-state index is -4.46. The van der Waals surface area contributed by atoms with Crippen LogP contribution in [0.1, 0.15) is 22.5 Å². The van der Waals surface area contributed by atoms with Crippen molar-refractivity contribution in [3.63, 3.8) is 0 Å². The lowest BCUT2D eigenvalue weighted by atomic mass is 10.1. The van der Waals surface area contributed by atoms with Crippen LogP contribution in [0, 0.1) is 13.8 Å². The number of halogens is 4. The van der Waals surface area contributed by atoms with Gasteiger partial charge in [0, 0.05) is 59.4 Å². The molecule has 1 atom stereocenters. The largest absolute Gasteiger partial charge is 0.431 e. The number of alkyl halides is 3. The minimum Gasteiger partial charge on any atom is -0.431 e. The third kappa shape index (κ3) is 5.74. The van der Waals surface area contributed by atoms with Crippen molar-refractivity contribution in [3.8, 4) is 22.6 Å². The molecule has 0 radical (unpaired) electrons. The molecule has 1 unspecified atom stereocenters. The molecule has 1 fully saturated rings. The van der Waals surface area contributed by atoms with E-state index in [0.29, 0.717) is 41.2 Å². The number of aryl methyl sites for hydroxylation is 1. The molecule has 3 aromatic carbocycles. The van der Waals surface area contributed by atoms with E-state index in [0.717, 1.165) is 52.7 Å². The molecule has 0 spiro atoms. The molecule has 7 rings (SSSR count). The van der Waals surface area contributed by atoms with Crippen molar-refractivity contribution in [2.24, 2.45) is 4.99 Å². The number of hydrogen-bond donors (Lipinski definition) is 0. The molecule has 0 bridgehead atoms. The van der Waals surface area contributed by atoms with Gasteiger partial charge in [0.1, 0.15) is 11.0 Å². The van der Waals surface area contributed by atoms with Crippen LogP contribution >= 0.6 is 18.0 Å². The van der Waals surface area contributed by atoms with Crippen LogP contribution in [0.4, 0.5) is 19.0 Å². The van der Waals surface area contributed by atoms with E-state index < -0.39 is 18.2 Å². The number of rotatable bonds is 5. The zero-order valence-corrected chi connectivity index (χ0v) is 28.3. The average Bonchev–Trinajstić information content (AvgIpc) is 3.58. The fourth-order valence-electron chi connectivity index (χ4n) is 6.16. The summed E-state index contributed by atoms with van der Waals surface area (Å²) in [7, 11) is 2.08. The highest BCUT2D eigenvalue weighted by Crippen LogP contribution is 2.58. The number of para-hydroxylation sites is 1. The second-order valence-corrected chi connectivity index (χ2v) is 15.9. The fraction of sp³-hybridized carbons (Fsp3) is 0.235. The molecule has 0 amide bonds. The lowest BCUT2D eigenvalue weighted by molar-refractivity contribution is -0.137. The fourth-order valence-corrected chi connectivity index (χ4v) is 9.90. The smallest absolute Gasteiger partial charge is 0.416 e. The Bertz CT molecular complexity index is 2050. The molecule has 7 nitrogen and oxygen atoms in total. The van der Waals surface area contributed by atoms with Crippen LogP contribution in [0.5, 0.6) is 0 Å². The summed E-state index contributed by atoms with van der Waals surface area (Å²) in [6, 6.07) is 24.3. The first kappa shape index (κ1) is 31.8. The highest BCUT2D eigenvalue weighted by Gasteiger charge is 2.44. The number of likely N-dealkylation sites (N-methyl/N-ethyl adjacent to an activating group) is 1. The third-order valence-electron chi connectivity index (χ3n) is 8.60. The van der Waals surface area contributed by atoms with Gasteiger partial charge < -0.3 is 14.0 Å². The molecule has 0 aliphatic carbocycles. The number of aliphatic imine (C=N–C) groups is 1. The van der Waals surface area contributed by atoms with Crippen LogP contribution < -0.4 is 5.30 Å². The van der Waals surface area contributed by atoms with E-state index in [2.05, 4.69) is 16.6 Å². The van der Waals surface area contributed by atoms with Crippen LogP contribution in [0.25, 0.3) is 22.6 Å². The van der Waals surface area contributed by atoms with Gasteiger partial charge >= 0.3 is 6.18 Å². The van der Waals surface area contributed by atoms with E-state index in [1.165, 1.54) is 12.1 Å². The number of aromatic nitrogens is 3. The summed E-state index contributed by atoms with van der Waals surface area (Å²) in [6.45, 7) is 6.79. The first-order chi connectivity index (χ1) is 22.4. The summed E-state index contributed by atoms with van der Waals surface area (Å²) in [5.41, 5.74) is 4.09. The SMILES string of the molecule is Cc1cc(-c2nn(-c3ccccc3)c3c2P(=S)(N2CCN(C)CC2)OC(c2ccc(Cl)cc2)=N3)c(C)n1-c1cccc(C(F)(F)F)c1. The lowest BCUT2D eigenvalue weighted by Gasteiger charge is -2.41. The van der Waals surface area contributed by atoms with Crippen LogP contribution in [0.2, 0.25) is 5.02 Å². The second-order valence-electron chi connectivity index (χ2n) is 11.7. The van der Waals surface area contributed by atoms with E-state index in [1.807, 2.05) is 66.9 Å². The molecule has 0 N–H and O–H groups in total. The first-order valence-electron chi connectivity index (χ1n) is 15.1. The van der Waals surface area contributed by atoms with Crippen molar-refractivity contribution >= 4 is 46.8 Å². The number of fused-ring (bicyclic) bond motifs is 1. The van der Waals surface area contributed by atoms with Gasteiger partial charge in [0.25, 0.3) is 0 Å². The molecule has 5 aromatic rings. The normalized spacial score (nSPS) is 18.9. The summed E-state index contributed by atoms with van der Waals surface area (Å²) < 4.78 is 53.8. The maximum atomic E-state index is 13.7. The zero-order chi connectivity index (χ0) is 33.1. The van der Waals surface area contributed by atoms with E-state index in [9.17, 15) is 13.2 Å². The van der Waals surface area contributed by atoms with Crippen LogP contribution in [-0.4, -0.2) is 63.0 Å². The van der Waals surface area contributed by atoms with Gasteiger partial charge in [-0.2, -0.15) is 23.3 Å². The molecule has 0 saturated carbocycles. The summed E-state index contributed by atoms with van der Waals surface area (Å²) in [6.07, 6.45) is -7.50. The van der Waals surface area contributed by atoms with Crippen molar-refractivity contribution in [2.75, 3.05) is 33.2 Å². The molecule has 1 saturated heterocycles. The lowest BCUT2D eigenvalue weighted by Crippen LogP contribution is -2.45. The van der Waals surface area contributed by atoms with E-state index in [4.69, 9.17) is 38.0 Å². The number of piperazine rings is 1. The summed E-state index contributed by atoms with van der Waals surface area (Å²) in [4.78, 5) is 7.33. The standard InChI is InChI=1S/C34H31ClF3N6OPS/c1-22-20-29(23(2)43(22)28-11-7-8-25(21-28)34(36,37)38)30-31-32(44(40-30)27-9-5-4-6-10-27)39-33(24-12-14-26(35)15-13-24)45-46(31,47)42-18-16-41(3)17-19-42/h4-15,20-21H,16-19H2,1-3H3. The average molecular weight is 695 g/mol. The summed E-state index contributed by atoms with van der Waals surface area (Å²) >= 11 is 12.9. The molecule has 2 aromatic heterocycles. The highest BCUT2D eigenvalue weighted by atomic mass is 35.5. The third-order valence-corrected chi connectivity index (χ3v) is 12.9. The van der Waals surface area contributed by atoms with Gasteiger partial charge in [-0.3, -0.25) is 0 Å². The predicted molar refractivity (Wildman–Crippen MR) is 185 cm³/mol. The molecular weight excluding hydrogens is 664 g/mol. The quantitative estimate of drug-likeness (QED) is 0.175. The number of benzene rings is 3. The van der Waals surface area contributed by atoms with Crippen LogP contribution in [0.3, 0.4) is 0 Å². The first-order valence-corrected chi connectivity index (χ1v) is 18.1. The zero-order valence-electron chi connectivity index (χ0n) is 25.9. The molecule has 242 valence electrons. The molecule has 4 heterocycles. The molecule has 2 aliphatic heterocycles. The summed E-state index contributed by atoms with van der Waals surface area (Å²) in [5.74, 6) is 0.975. The Labute approximate surface area is 281 Å². The molecule has 2 aliphatic rings. The number of nitrogens with zero attached hydrogens (tertiary/aromatic N) is 6. The second kappa shape index (κ2) is 12.1. The Kier molecular flexibility index (Phi) is 8.17. The Morgan fingerprint density at radius 3 is 2.23 bits per heavy atom. The van der Waals surface area contributed by atoms with Crippen LogP contribution in [0.15, 0.2) is 89.9 Å². The van der Waals surface area contributed by atoms with Gasteiger partial charge in [0.2, 0.25) is 12.3 Å². The Morgan fingerprint density at radius 1 is 0.872 bits per heavy atom. The van der Waals surface area contributed by atoms with Crippen LogP contribution in [-0.2, 0) is 22.5 Å². The Balaban J connectivity index is 1.49. The maximum absolute atomic E-state index is 13.7. The van der Waals surface area contributed by atoms with Gasteiger partial charge in [-0.05, 0) is 93.4 Å². The molecule has 13 heteroatoms. The highest BCUT2D eigenvalue weighted by molar-refractivity contribution is 8.15. The Morgan fingerprint density at radius 2 is 1.55 bits per heavy atom. The monoisotopic (exact) mass is 694 g/mol. The van der Waals surface area contributed by atoms with Crippen molar-refractivity contribution in [2.45, 2.75) is 20.0 Å². The van der Waals surface area contributed by atoms with Gasteiger partial charge in [-0.1, -0.05) is 35.9 Å². The van der Waals surface area contributed by atoms with Crippen molar-refractivity contribution in [3.05, 3.63) is 112 Å². The molecule has 47 heavy (non-hydrogen) atoms. The van der Waals surface area contributed by atoms with E-state index in [1.54, 1.807) is 22.9 Å². The van der Waals surface area contributed by atoms with Gasteiger partial charge in [-0.25, -0.2) is 9.35 Å². The van der Waals surface area contributed by atoms with Crippen molar-refractivity contribution in [1.82, 2.24) is 23.9 Å². The van der Waals surface area contributed by atoms with Crippen molar-refractivity contribution < 1.29 is 17.7 Å². The predicted octanol–water partition coefficient (Wildman–Crippen LogP) is 7.91. The van der Waals surface area contributed by atoms with Crippen molar-refractivity contribution in [1.29, 1.82) is 0 Å². The van der Waals surface area contributed by atoms with Gasteiger partial charge in [-0.15, -0.1) is 0 Å². The topological polar surface area (TPSA) is 50.8 Å². The Hall–Kier alpha value is -3.73. The summed E-state index contributed by atoms with van der Waals surface area (Å²) in [5, 5.41) is 6.50. The minimum absolute atomic E-state index is 0.398. The van der Waals surface area contributed by atoms with Gasteiger partial charge in [0.15, 0.2) is 5.82 Å². The van der Waals surface area contributed by atoms with E-state index in [-0.39, 0.29) is 0 Å². The van der Waals surface area contributed by atoms with E-state index >= 15 is 0 Å². The van der Waals surface area contributed by atoms with Gasteiger partial charge in [0.05, 0.1) is 11.3 Å². The maximum Gasteiger partial charge on any atom is 0.416 e. The number of hydrogen-bond acceptors (Lipinski definition) is 5.